The number of halogens is 1. The van der Waals surface area contributed by atoms with Crippen molar-refractivity contribution in [2.24, 2.45) is 0 Å². The lowest BCUT2D eigenvalue weighted by Crippen LogP contribution is -2.39. The Hall–Kier alpha value is -4.41. The number of aromatic nitrogens is 3. The number of hydrogen-bond acceptors (Lipinski definition) is 8. The molecule has 0 spiro atoms. The maximum absolute atomic E-state index is 13.0. The first-order valence-electron chi connectivity index (χ1n) is 13.2. The smallest absolute Gasteiger partial charge is 0.255 e. The Morgan fingerprint density at radius 1 is 1.02 bits per heavy atom. The van der Waals surface area contributed by atoms with Crippen LogP contribution in [0.5, 0.6) is 0 Å². The Morgan fingerprint density at radius 2 is 1.90 bits per heavy atom. The van der Waals surface area contributed by atoms with E-state index < -0.39 is 6.67 Å². The van der Waals surface area contributed by atoms with Crippen LogP contribution in [-0.4, -0.2) is 65.2 Å². The fourth-order valence-electron chi connectivity index (χ4n) is 4.44. The second kappa shape index (κ2) is 13.1. The van der Waals surface area contributed by atoms with Crippen molar-refractivity contribution >= 4 is 28.9 Å². The third-order valence-electron chi connectivity index (χ3n) is 6.68. The lowest BCUT2D eigenvalue weighted by Gasteiger charge is -2.26. The molecule has 2 aromatic carbocycles. The van der Waals surface area contributed by atoms with Crippen molar-refractivity contribution < 1.29 is 13.9 Å². The van der Waals surface area contributed by atoms with Crippen molar-refractivity contribution in [3.8, 4) is 11.3 Å². The van der Waals surface area contributed by atoms with Gasteiger partial charge in [0.25, 0.3) is 5.91 Å². The van der Waals surface area contributed by atoms with Crippen molar-refractivity contribution in [1.29, 1.82) is 0 Å². The van der Waals surface area contributed by atoms with Crippen molar-refractivity contribution in [2.45, 2.75) is 13.6 Å². The zero-order valence-corrected chi connectivity index (χ0v) is 22.4. The van der Waals surface area contributed by atoms with Gasteiger partial charge < -0.3 is 20.7 Å². The second-order valence-corrected chi connectivity index (χ2v) is 9.51. The Morgan fingerprint density at radius 3 is 2.75 bits per heavy atom. The molecule has 1 aliphatic rings. The van der Waals surface area contributed by atoms with Crippen LogP contribution in [0.15, 0.2) is 73.2 Å². The van der Waals surface area contributed by atoms with E-state index in [1.165, 1.54) is 0 Å². The SMILES string of the molecule is Cc1ccc(NC(=O)c2cccc(CF)c2)cc1Nc1ncccc1-c1cc(NCCN2CCOCC2)ncn1. The van der Waals surface area contributed by atoms with Crippen molar-refractivity contribution in [2.75, 3.05) is 55.3 Å². The van der Waals surface area contributed by atoms with Crippen molar-refractivity contribution in [1.82, 2.24) is 19.9 Å². The minimum absolute atomic E-state index is 0.307. The van der Waals surface area contributed by atoms with Crippen LogP contribution in [0.3, 0.4) is 0 Å². The summed E-state index contributed by atoms with van der Waals surface area (Å²) in [6.07, 6.45) is 3.26. The highest BCUT2D eigenvalue weighted by Gasteiger charge is 2.13. The van der Waals surface area contributed by atoms with Gasteiger partial charge in [-0.25, -0.2) is 19.3 Å². The number of carbonyl (C=O) groups is 1. The second-order valence-electron chi connectivity index (χ2n) is 9.51. The summed E-state index contributed by atoms with van der Waals surface area (Å²) in [5.41, 5.74) is 4.77. The van der Waals surface area contributed by atoms with Gasteiger partial charge in [-0.2, -0.15) is 0 Å². The van der Waals surface area contributed by atoms with Gasteiger partial charge in [-0.05, 0) is 54.4 Å². The van der Waals surface area contributed by atoms with E-state index in [9.17, 15) is 9.18 Å². The Kier molecular flexibility index (Phi) is 8.89. The third-order valence-corrected chi connectivity index (χ3v) is 6.68. The molecule has 0 atom stereocenters. The molecular weight excluding hydrogens is 509 g/mol. The summed E-state index contributed by atoms with van der Waals surface area (Å²) < 4.78 is 18.5. The Balaban J connectivity index is 1.30. The molecule has 3 heterocycles. The monoisotopic (exact) mass is 541 g/mol. The zero-order valence-electron chi connectivity index (χ0n) is 22.4. The Labute approximate surface area is 232 Å². The number of ether oxygens (including phenoxy) is 1. The normalized spacial score (nSPS) is 13.6. The van der Waals surface area contributed by atoms with Crippen LogP contribution in [0.4, 0.5) is 27.4 Å². The summed E-state index contributed by atoms with van der Waals surface area (Å²) >= 11 is 0. The van der Waals surface area contributed by atoms with Crippen molar-refractivity contribution in [3.05, 3.63) is 89.9 Å². The number of anilines is 4. The predicted octanol–water partition coefficient (Wildman–Crippen LogP) is 5.06. The summed E-state index contributed by atoms with van der Waals surface area (Å²) in [5.74, 6) is 1.06. The summed E-state index contributed by atoms with van der Waals surface area (Å²) in [7, 11) is 0. The molecule has 1 fully saturated rings. The molecule has 0 saturated carbocycles. The first kappa shape index (κ1) is 27.2. The molecule has 10 heteroatoms. The number of amides is 1. The summed E-state index contributed by atoms with van der Waals surface area (Å²) in [6, 6.07) is 17.9. The van der Waals surface area contributed by atoms with Gasteiger partial charge in [0, 0.05) is 60.9 Å². The van der Waals surface area contributed by atoms with Crippen LogP contribution in [0, 0.1) is 6.92 Å². The molecule has 4 aromatic rings. The molecule has 1 amide bonds. The number of benzene rings is 2. The maximum Gasteiger partial charge on any atom is 0.255 e. The summed E-state index contributed by atoms with van der Waals surface area (Å²) in [5, 5.41) is 9.70. The van der Waals surface area contributed by atoms with Gasteiger partial charge in [-0.1, -0.05) is 18.2 Å². The molecule has 0 radical (unpaired) electrons. The van der Waals surface area contributed by atoms with E-state index in [1.807, 2.05) is 43.3 Å². The van der Waals surface area contributed by atoms with Crippen LogP contribution in [-0.2, 0) is 11.4 Å². The molecule has 5 rings (SSSR count). The number of alkyl halides is 1. The molecule has 40 heavy (non-hydrogen) atoms. The topological polar surface area (TPSA) is 104 Å². The molecule has 0 bridgehead atoms. The molecule has 3 N–H and O–H groups in total. The number of morpholine rings is 1. The molecular formula is C30H32FN7O2. The number of rotatable bonds is 10. The largest absolute Gasteiger partial charge is 0.379 e. The minimum atomic E-state index is -0.621. The van der Waals surface area contributed by atoms with E-state index in [-0.39, 0.29) is 5.91 Å². The Bertz CT molecular complexity index is 1460. The average Bonchev–Trinajstić information content (AvgIpc) is 3.00. The minimum Gasteiger partial charge on any atom is -0.379 e. The summed E-state index contributed by atoms with van der Waals surface area (Å²) in [4.78, 5) is 28.6. The lowest BCUT2D eigenvalue weighted by atomic mass is 10.1. The number of hydrogen-bond donors (Lipinski definition) is 3. The maximum atomic E-state index is 13.0. The van der Waals surface area contributed by atoms with Crippen LogP contribution in [0.25, 0.3) is 11.3 Å². The van der Waals surface area contributed by atoms with Crippen molar-refractivity contribution in [3.63, 3.8) is 0 Å². The molecule has 206 valence electrons. The third kappa shape index (κ3) is 6.96. The molecule has 9 nitrogen and oxygen atoms in total. The van der Waals surface area contributed by atoms with Crippen LogP contribution in [0.1, 0.15) is 21.5 Å². The first-order chi connectivity index (χ1) is 19.6. The number of carbonyl (C=O) groups excluding carboxylic acids is 1. The van der Waals surface area contributed by atoms with Crippen LogP contribution < -0.4 is 16.0 Å². The average molecular weight is 542 g/mol. The van der Waals surface area contributed by atoms with Gasteiger partial charge in [-0.3, -0.25) is 9.69 Å². The molecule has 1 aliphatic heterocycles. The predicted molar refractivity (Wildman–Crippen MR) is 155 cm³/mol. The van der Waals surface area contributed by atoms with E-state index in [2.05, 4.69) is 35.8 Å². The molecule has 0 unspecified atom stereocenters. The van der Waals surface area contributed by atoms with Gasteiger partial charge in [0.15, 0.2) is 0 Å². The number of nitrogens with zero attached hydrogens (tertiary/aromatic N) is 4. The fourth-order valence-corrected chi connectivity index (χ4v) is 4.44. The number of pyridine rings is 1. The van der Waals surface area contributed by atoms with Gasteiger partial charge in [0.2, 0.25) is 0 Å². The van der Waals surface area contributed by atoms with E-state index in [0.717, 1.165) is 67.7 Å². The van der Waals surface area contributed by atoms with E-state index in [1.54, 1.807) is 36.8 Å². The fraction of sp³-hybridized carbons (Fsp3) is 0.267. The zero-order chi connectivity index (χ0) is 27.7. The number of aryl methyl sites for hydroxylation is 1. The number of nitrogens with one attached hydrogen (secondary N) is 3. The quantitative estimate of drug-likeness (QED) is 0.256. The lowest BCUT2D eigenvalue weighted by molar-refractivity contribution is 0.0398. The first-order valence-corrected chi connectivity index (χ1v) is 13.2. The highest BCUT2D eigenvalue weighted by molar-refractivity contribution is 6.04. The molecule has 0 aliphatic carbocycles. The van der Waals surface area contributed by atoms with E-state index in [4.69, 9.17) is 4.74 Å². The van der Waals surface area contributed by atoms with Gasteiger partial charge in [0.1, 0.15) is 24.6 Å². The highest BCUT2D eigenvalue weighted by atomic mass is 19.1. The van der Waals surface area contributed by atoms with Gasteiger partial charge in [-0.15, -0.1) is 0 Å². The van der Waals surface area contributed by atoms with Gasteiger partial charge >= 0.3 is 0 Å². The van der Waals surface area contributed by atoms with Crippen LogP contribution >= 0.6 is 0 Å². The van der Waals surface area contributed by atoms with E-state index in [0.29, 0.717) is 22.6 Å². The molecule has 2 aromatic heterocycles. The van der Waals surface area contributed by atoms with E-state index >= 15 is 0 Å². The molecule has 1 saturated heterocycles. The standard InChI is InChI=1S/C30H32FN7O2/c1-21-7-8-24(36-30(39)23-5-2-4-22(16-23)19-31)17-26(21)37-29-25(6-3-9-33-29)27-18-28(35-20-34-27)32-10-11-38-12-14-40-15-13-38/h2-9,16-18,20H,10-15,19H2,1H3,(H,33,37)(H,36,39)(H,32,34,35). The van der Waals surface area contributed by atoms with Gasteiger partial charge in [0.05, 0.1) is 18.9 Å². The van der Waals surface area contributed by atoms with Crippen LogP contribution in [0.2, 0.25) is 0 Å². The highest BCUT2D eigenvalue weighted by Crippen LogP contribution is 2.30. The summed E-state index contributed by atoms with van der Waals surface area (Å²) in [6.45, 7) is 6.47.